The van der Waals surface area contributed by atoms with Crippen LogP contribution >= 0.6 is 0 Å². The van der Waals surface area contributed by atoms with E-state index >= 15 is 0 Å². The fourth-order valence-corrected chi connectivity index (χ4v) is 4.63. The Morgan fingerprint density at radius 3 is 2.40 bits per heavy atom. The van der Waals surface area contributed by atoms with Crippen LogP contribution in [0.15, 0.2) is 66.7 Å². The predicted octanol–water partition coefficient (Wildman–Crippen LogP) is 7.45. The molecule has 3 nitrogen and oxygen atoms in total. The van der Waals surface area contributed by atoms with Crippen molar-refractivity contribution >= 4 is 5.78 Å². The number of aryl methyl sites for hydroxylation is 1. The maximum atomic E-state index is 13.9. The van der Waals surface area contributed by atoms with E-state index in [9.17, 15) is 13.6 Å². The largest absolute Gasteiger partial charge is 0.490 e. The molecule has 3 aromatic rings. The molecule has 0 heterocycles. The summed E-state index contributed by atoms with van der Waals surface area (Å²) in [6.45, 7) is 1.88. The molecule has 0 radical (unpaired) electrons. The van der Waals surface area contributed by atoms with Crippen molar-refractivity contribution in [2.75, 3.05) is 0 Å². The van der Waals surface area contributed by atoms with Crippen LogP contribution in [-0.4, -0.2) is 18.0 Å². The molecule has 1 fully saturated rings. The van der Waals surface area contributed by atoms with Gasteiger partial charge in [-0.1, -0.05) is 36.4 Å². The Bertz CT molecular complexity index is 1140. The SMILES string of the molecule is CC(=O)CCCc1ccc(OC2CCC(OCc3ccccc3F)CC2)cc1-c1cccc(F)c1. The van der Waals surface area contributed by atoms with E-state index in [1.807, 2.05) is 30.3 Å². The molecule has 1 aliphatic carbocycles. The van der Waals surface area contributed by atoms with E-state index in [1.165, 1.54) is 18.2 Å². The lowest BCUT2D eigenvalue weighted by molar-refractivity contribution is -0.117. The fourth-order valence-electron chi connectivity index (χ4n) is 4.63. The molecule has 1 saturated carbocycles. The number of carbonyl (C=O) groups excluding carboxylic acids is 1. The van der Waals surface area contributed by atoms with Crippen LogP contribution in [0.1, 0.15) is 56.6 Å². The summed E-state index contributed by atoms with van der Waals surface area (Å²) in [5, 5.41) is 0. The van der Waals surface area contributed by atoms with Crippen LogP contribution in [0.3, 0.4) is 0 Å². The highest BCUT2D eigenvalue weighted by Crippen LogP contribution is 2.32. The van der Waals surface area contributed by atoms with Gasteiger partial charge in [-0.15, -0.1) is 0 Å². The third-order valence-electron chi connectivity index (χ3n) is 6.55. The molecule has 0 N–H and O–H groups in total. The van der Waals surface area contributed by atoms with Crippen molar-refractivity contribution in [1.29, 1.82) is 0 Å². The normalized spacial score (nSPS) is 17.8. The molecule has 0 aliphatic heterocycles. The minimum Gasteiger partial charge on any atom is -0.490 e. The molecule has 5 heteroatoms. The third-order valence-corrected chi connectivity index (χ3v) is 6.55. The zero-order valence-electron chi connectivity index (χ0n) is 20.1. The van der Waals surface area contributed by atoms with Gasteiger partial charge in [-0.25, -0.2) is 8.78 Å². The molecule has 3 aromatic carbocycles. The highest BCUT2D eigenvalue weighted by atomic mass is 19.1. The number of ether oxygens (including phenoxy) is 2. The average molecular weight is 479 g/mol. The summed E-state index contributed by atoms with van der Waals surface area (Å²) >= 11 is 0. The maximum absolute atomic E-state index is 13.9. The van der Waals surface area contributed by atoms with Crippen LogP contribution in [0.5, 0.6) is 5.75 Å². The molecule has 0 unspecified atom stereocenters. The first-order valence-corrected chi connectivity index (χ1v) is 12.4. The second-order valence-electron chi connectivity index (χ2n) is 9.30. The van der Waals surface area contributed by atoms with E-state index in [0.29, 0.717) is 12.0 Å². The minimum absolute atomic E-state index is 0.0761. The van der Waals surface area contributed by atoms with E-state index in [1.54, 1.807) is 25.1 Å². The molecule has 184 valence electrons. The van der Waals surface area contributed by atoms with Crippen molar-refractivity contribution in [2.24, 2.45) is 0 Å². The van der Waals surface area contributed by atoms with Gasteiger partial charge in [0.1, 0.15) is 23.2 Å². The van der Waals surface area contributed by atoms with Crippen molar-refractivity contribution in [3.8, 4) is 16.9 Å². The number of hydrogen-bond donors (Lipinski definition) is 0. The molecular weight excluding hydrogens is 446 g/mol. The van der Waals surface area contributed by atoms with Crippen molar-refractivity contribution < 1.29 is 23.0 Å². The Labute approximate surface area is 206 Å². The van der Waals surface area contributed by atoms with Crippen molar-refractivity contribution in [1.82, 2.24) is 0 Å². The van der Waals surface area contributed by atoms with E-state index in [2.05, 4.69) is 0 Å². The zero-order chi connectivity index (χ0) is 24.6. The van der Waals surface area contributed by atoms with Gasteiger partial charge in [0, 0.05) is 12.0 Å². The Hall–Kier alpha value is -3.05. The van der Waals surface area contributed by atoms with Crippen molar-refractivity contribution in [3.05, 3.63) is 89.5 Å². The van der Waals surface area contributed by atoms with E-state index in [-0.39, 0.29) is 36.2 Å². The molecule has 0 amide bonds. The summed E-state index contributed by atoms with van der Waals surface area (Å²) in [7, 11) is 0. The fraction of sp³-hybridized carbons (Fsp3) is 0.367. The Balaban J connectivity index is 1.38. The first kappa shape index (κ1) is 25.1. The van der Waals surface area contributed by atoms with Crippen LogP contribution in [-0.2, 0) is 22.6 Å². The van der Waals surface area contributed by atoms with Crippen LogP contribution in [0, 0.1) is 11.6 Å². The maximum Gasteiger partial charge on any atom is 0.129 e. The Kier molecular flexibility index (Phi) is 8.64. The van der Waals surface area contributed by atoms with Crippen LogP contribution in [0.2, 0.25) is 0 Å². The summed E-state index contributed by atoms with van der Waals surface area (Å²) < 4.78 is 40.0. The summed E-state index contributed by atoms with van der Waals surface area (Å²) in [5.74, 6) is 0.418. The molecule has 4 rings (SSSR count). The summed E-state index contributed by atoms with van der Waals surface area (Å²) in [4.78, 5) is 11.4. The quantitative estimate of drug-likeness (QED) is 0.304. The van der Waals surface area contributed by atoms with Gasteiger partial charge in [0.05, 0.1) is 18.8 Å². The van der Waals surface area contributed by atoms with E-state index < -0.39 is 0 Å². The third kappa shape index (κ3) is 7.22. The van der Waals surface area contributed by atoms with Gasteiger partial charge >= 0.3 is 0 Å². The summed E-state index contributed by atoms with van der Waals surface area (Å²) in [6.07, 6.45) is 5.65. The standard InChI is InChI=1S/C30H32F2O3/c1-21(33)6-4-8-22-12-13-28(19-29(22)23-9-5-10-25(31)18-23)35-27-16-14-26(15-17-27)34-20-24-7-2-3-11-30(24)32/h2-3,5,7,9-13,18-19,26-27H,4,6,8,14-17,20H2,1H3. The average Bonchev–Trinajstić information content (AvgIpc) is 2.85. The molecule has 0 atom stereocenters. The van der Waals surface area contributed by atoms with Gasteiger partial charge in [-0.3, -0.25) is 0 Å². The Morgan fingerprint density at radius 1 is 0.886 bits per heavy atom. The summed E-state index contributed by atoms with van der Waals surface area (Å²) in [6, 6.07) is 19.3. The van der Waals surface area contributed by atoms with E-state index in [0.717, 1.165) is 61.0 Å². The van der Waals surface area contributed by atoms with Gasteiger partial charge in [-0.2, -0.15) is 0 Å². The first-order chi connectivity index (χ1) is 17.0. The second-order valence-corrected chi connectivity index (χ2v) is 9.30. The minimum atomic E-state index is -0.280. The van der Waals surface area contributed by atoms with Gasteiger partial charge in [0.15, 0.2) is 0 Å². The second kappa shape index (κ2) is 12.1. The lowest BCUT2D eigenvalue weighted by Gasteiger charge is -2.29. The van der Waals surface area contributed by atoms with Gasteiger partial charge in [-0.05, 0) is 92.5 Å². The number of hydrogen-bond acceptors (Lipinski definition) is 3. The molecule has 0 spiro atoms. The highest BCUT2D eigenvalue weighted by molar-refractivity contribution is 5.75. The number of Topliss-reactive ketones (excluding diaryl/α,β-unsaturated/α-hetero) is 1. The van der Waals surface area contributed by atoms with E-state index in [4.69, 9.17) is 9.47 Å². The Morgan fingerprint density at radius 2 is 1.66 bits per heavy atom. The zero-order valence-corrected chi connectivity index (χ0v) is 20.1. The van der Waals surface area contributed by atoms with Crippen molar-refractivity contribution in [2.45, 2.75) is 70.7 Å². The lowest BCUT2D eigenvalue weighted by atomic mass is 9.94. The first-order valence-electron chi connectivity index (χ1n) is 12.4. The predicted molar refractivity (Wildman–Crippen MR) is 133 cm³/mol. The number of halogens is 2. The monoisotopic (exact) mass is 478 g/mol. The highest BCUT2D eigenvalue weighted by Gasteiger charge is 2.23. The van der Waals surface area contributed by atoms with Gasteiger partial charge in [0.25, 0.3) is 0 Å². The van der Waals surface area contributed by atoms with Crippen LogP contribution in [0.25, 0.3) is 11.1 Å². The smallest absolute Gasteiger partial charge is 0.129 e. The molecule has 0 bridgehead atoms. The number of carbonyl (C=O) groups is 1. The lowest BCUT2D eigenvalue weighted by Crippen LogP contribution is -2.28. The molecule has 1 aliphatic rings. The topological polar surface area (TPSA) is 35.5 Å². The number of rotatable bonds is 10. The molecule has 0 aromatic heterocycles. The summed E-state index contributed by atoms with van der Waals surface area (Å²) in [5.41, 5.74) is 3.40. The van der Waals surface area contributed by atoms with Gasteiger partial charge < -0.3 is 14.3 Å². The van der Waals surface area contributed by atoms with Crippen LogP contribution in [0.4, 0.5) is 8.78 Å². The number of benzene rings is 3. The van der Waals surface area contributed by atoms with Crippen molar-refractivity contribution in [3.63, 3.8) is 0 Å². The molecule has 35 heavy (non-hydrogen) atoms. The molecular formula is C30H32F2O3. The molecule has 0 saturated heterocycles. The van der Waals surface area contributed by atoms with Crippen LogP contribution < -0.4 is 4.74 Å². The number of ketones is 1. The van der Waals surface area contributed by atoms with Gasteiger partial charge in [0.2, 0.25) is 0 Å².